The molecule has 4 nitrogen and oxygen atoms in total. The number of nitrogens with one attached hydrogen (secondary N) is 1. The van der Waals surface area contributed by atoms with Crippen molar-refractivity contribution in [2.45, 2.75) is 40.5 Å². The van der Waals surface area contributed by atoms with Crippen LogP contribution in [0, 0.1) is 12.3 Å². The van der Waals surface area contributed by atoms with Crippen molar-refractivity contribution in [1.29, 1.82) is 0 Å². The van der Waals surface area contributed by atoms with Gasteiger partial charge in [0.1, 0.15) is 0 Å². The summed E-state index contributed by atoms with van der Waals surface area (Å²) in [5.74, 6) is -5.52. The van der Waals surface area contributed by atoms with Gasteiger partial charge in [0.15, 0.2) is 0 Å². The van der Waals surface area contributed by atoms with E-state index in [0.29, 0.717) is 11.3 Å². The number of aryl methyl sites for hydroxylation is 1. The summed E-state index contributed by atoms with van der Waals surface area (Å²) in [5, 5.41) is 2.68. The first-order valence-electron chi connectivity index (χ1n) is 6.97. The van der Waals surface area contributed by atoms with Crippen LogP contribution in [-0.2, 0) is 20.2 Å². The molecule has 22 heavy (non-hydrogen) atoms. The van der Waals surface area contributed by atoms with E-state index in [1.165, 1.54) is 19.1 Å². The maximum Gasteiger partial charge on any atom is 0.381 e. The van der Waals surface area contributed by atoms with Gasteiger partial charge in [-0.15, -0.1) is 0 Å². The van der Waals surface area contributed by atoms with Crippen molar-refractivity contribution in [3.8, 4) is 0 Å². The van der Waals surface area contributed by atoms with E-state index in [4.69, 9.17) is 0 Å². The molecule has 0 aromatic heterocycles. The number of amides is 1. The largest absolute Gasteiger partial charge is 0.461 e. The molecule has 0 bridgehead atoms. The Morgan fingerprint density at radius 1 is 1.23 bits per heavy atom. The van der Waals surface area contributed by atoms with Crippen molar-refractivity contribution in [2.24, 2.45) is 5.41 Å². The van der Waals surface area contributed by atoms with Crippen molar-refractivity contribution in [2.75, 3.05) is 11.9 Å². The molecule has 0 aliphatic rings. The van der Waals surface area contributed by atoms with Crippen molar-refractivity contribution < 1.29 is 23.1 Å². The SMILES string of the molecule is CCOC(=O)C(F)(F)c1ccc(NC(=O)C(C)(C)C)c(C)c1. The standard InChI is InChI=1S/C16H21F2NO3/c1-6-22-14(21)16(17,18)11-7-8-12(10(2)9-11)19-13(20)15(3,4)5/h7-9H,6H2,1-5H3,(H,19,20). The van der Waals surface area contributed by atoms with Crippen LogP contribution in [0.1, 0.15) is 38.8 Å². The van der Waals surface area contributed by atoms with Gasteiger partial charge in [0.2, 0.25) is 5.91 Å². The second-order valence-electron chi connectivity index (χ2n) is 6.03. The van der Waals surface area contributed by atoms with Crippen LogP contribution in [0.2, 0.25) is 0 Å². The van der Waals surface area contributed by atoms with Crippen molar-refractivity contribution in [3.63, 3.8) is 0 Å². The highest BCUT2D eigenvalue weighted by atomic mass is 19.3. The molecular weight excluding hydrogens is 292 g/mol. The smallest absolute Gasteiger partial charge is 0.381 e. The molecule has 1 amide bonds. The summed E-state index contributed by atoms with van der Waals surface area (Å²) in [5.41, 5.74) is -0.181. The quantitative estimate of drug-likeness (QED) is 0.864. The minimum Gasteiger partial charge on any atom is -0.461 e. The lowest BCUT2D eigenvalue weighted by Crippen LogP contribution is -2.29. The molecule has 0 radical (unpaired) electrons. The van der Waals surface area contributed by atoms with Crippen LogP contribution in [-0.4, -0.2) is 18.5 Å². The van der Waals surface area contributed by atoms with Gasteiger partial charge in [0.25, 0.3) is 0 Å². The third-order valence-electron chi connectivity index (χ3n) is 3.05. The third-order valence-corrected chi connectivity index (χ3v) is 3.05. The number of carbonyl (C=O) groups is 2. The number of carbonyl (C=O) groups excluding carboxylic acids is 2. The molecule has 6 heteroatoms. The molecule has 0 heterocycles. The number of esters is 1. The minimum absolute atomic E-state index is 0.118. The number of anilines is 1. The van der Waals surface area contributed by atoms with Gasteiger partial charge in [0, 0.05) is 16.7 Å². The Balaban J connectivity index is 3.04. The Morgan fingerprint density at radius 2 is 1.82 bits per heavy atom. The lowest BCUT2D eigenvalue weighted by molar-refractivity contribution is -0.173. The molecule has 1 rings (SSSR count). The van der Waals surface area contributed by atoms with Crippen LogP contribution in [0.25, 0.3) is 0 Å². The van der Waals surface area contributed by atoms with Gasteiger partial charge in [-0.2, -0.15) is 8.78 Å². The Labute approximate surface area is 128 Å². The van der Waals surface area contributed by atoms with E-state index in [0.717, 1.165) is 6.07 Å². The zero-order valence-corrected chi connectivity index (χ0v) is 13.4. The molecule has 1 aromatic carbocycles. The number of hydrogen-bond acceptors (Lipinski definition) is 3. The fourth-order valence-corrected chi connectivity index (χ4v) is 1.65. The zero-order valence-electron chi connectivity index (χ0n) is 13.4. The topological polar surface area (TPSA) is 55.4 Å². The highest BCUT2D eigenvalue weighted by Gasteiger charge is 2.42. The molecule has 0 saturated heterocycles. The van der Waals surface area contributed by atoms with E-state index in [2.05, 4.69) is 10.1 Å². The first kappa shape index (κ1) is 18.1. The van der Waals surface area contributed by atoms with E-state index in [1.807, 2.05) is 0 Å². The van der Waals surface area contributed by atoms with Crippen LogP contribution >= 0.6 is 0 Å². The van der Waals surface area contributed by atoms with Gasteiger partial charge in [-0.3, -0.25) is 4.79 Å². The average molecular weight is 313 g/mol. The maximum atomic E-state index is 13.9. The third kappa shape index (κ3) is 4.02. The van der Waals surface area contributed by atoms with Crippen LogP contribution in [0.4, 0.5) is 14.5 Å². The summed E-state index contributed by atoms with van der Waals surface area (Å²) >= 11 is 0. The second-order valence-corrected chi connectivity index (χ2v) is 6.03. The Morgan fingerprint density at radius 3 is 2.27 bits per heavy atom. The zero-order chi connectivity index (χ0) is 17.1. The summed E-state index contributed by atoms with van der Waals surface area (Å²) in [7, 11) is 0. The monoisotopic (exact) mass is 313 g/mol. The fraction of sp³-hybridized carbons (Fsp3) is 0.500. The van der Waals surface area contributed by atoms with E-state index in [1.54, 1.807) is 27.7 Å². The highest BCUT2D eigenvalue weighted by molar-refractivity contribution is 5.95. The number of alkyl halides is 2. The van der Waals surface area contributed by atoms with Gasteiger partial charge < -0.3 is 10.1 Å². The van der Waals surface area contributed by atoms with E-state index < -0.39 is 22.9 Å². The average Bonchev–Trinajstić information content (AvgIpc) is 2.39. The predicted molar refractivity (Wildman–Crippen MR) is 79.8 cm³/mol. The van der Waals surface area contributed by atoms with Crippen LogP contribution < -0.4 is 5.32 Å². The van der Waals surface area contributed by atoms with E-state index >= 15 is 0 Å². The Kier molecular flexibility index (Phi) is 5.27. The van der Waals surface area contributed by atoms with Gasteiger partial charge in [-0.25, -0.2) is 4.79 Å². The summed E-state index contributed by atoms with van der Waals surface area (Å²) < 4.78 is 32.3. The van der Waals surface area contributed by atoms with Crippen molar-refractivity contribution in [3.05, 3.63) is 29.3 Å². The molecule has 1 N–H and O–H groups in total. The predicted octanol–water partition coefficient (Wildman–Crippen LogP) is 3.63. The van der Waals surface area contributed by atoms with Crippen molar-refractivity contribution in [1.82, 2.24) is 0 Å². The molecule has 1 aromatic rings. The molecule has 0 fully saturated rings. The number of halogens is 2. The van der Waals surface area contributed by atoms with E-state index in [-0.39, 0.29) is 12.5 Å². The second kappa shape index (κ2) is 6.42. The highest BCUT2D eigenvalue weighted by Crippen LogP contribution is 2.32. The van der Waals surface area contributed by atoms with Gasteiger partial charge in [-0.05, 0) is 31.5 Å². The van der Waals surface area contributed by atoms with Crippen LogP contribution in [0.3, 0.4) is 0 Å². The minimum atomic E-state index is -3.71. The van der Waals surface area contributed by atoms with Gasteiger partial charge in [-0.1, -0.05) is 26.8 Å². The molecule has 0 aliphatic carbocycles. The molecule has 0 saturated carbocycles. The Bertz CT molecular complexity index is 577. The molecule has 122 valence electrons. The number of ether oxygens (including phenoxy) is 1. The summed E-state index contributed by atoms with van der Waals surface area (Å²) in [6.07, 6.45) is 0. The summed E-state index contributed by atoms with van der Waals surface area (Å²) in [6, 6.07) is 3.65. The normalized spacial score (nSPS) is 12.0. The molecule has 0 aliphatic heterocycles. The first-order chi connectivity index (χ1) is 10.00. The number of rotatable bonds is 4. The lowest BCUT2D eigenvalue weighted by Gasteiger charge is -2.20. The Hall–Kier alpha value is -1.98. The van der Waals surface area contributed by atoms with Crippen LogP contribution in [0.5, 0.6) is 0 Å². The lowest BCUT2D eigenvalue weighted by atomic mass is 9.95. The number of hydrogen-bond donors (Lipinski definition) is 1. The first-order valence-corrected chi connectivity index (χ1v) is 6.97. The van der Waals surface area contributed by atoms with Gasteiger partial charge in [0.05, 0.1) is 6.61 Å². The molecule has 0 unspecified atom stereocenters. The molecular formula is C16H21F2NO3. The van der Waals surface area contributed by atoms with Crippen molar-refractivity contribution >= 4 is 17.6 Å². The van der Waals surface area contributed by atoms with E-state index in [9.17, 15) is 18.4 Å². The molecule has 0 spiro atoms. The molecule has 0 atom stereocenters. The summed E-state index contributed by atoms with van der Waals surface area (Å²) in [6.45, 7) is 8.18. The van der Waals surface area contributed by atoms with Crippen LogP contribution in [0.15, 0.2) is 18.2 Å². The maximum absolute atomic E-state index is 13.9. The summed E-state index contributed by atoms with van der Waals surface area (Å²) in [4.78, 5) is 23.3. The fourth-order valence-electron chi connectivity index (χ4n) is 1.65. The van der Waals surface area contributed by atoms with Gasteiger partial charge >= 0.3 is 11.9 Å². The number of benzene rings is 1.